The molecule has 2 amide bonds. The van der Waals surface area contributed by atoms with Gasteiger partial charge < -0.3 is 24.6 Å². The number of rotatable bonds is 7. The zero-order valence-corrected chi connectivity index (χ0v) is 22.4. The molecular weight excluding hydrogens is 492 g/mol. The molecule has 39 heavy (non-hydrogen) atoms. The van der Waals surface area contributed by atoms with Crippen LogP contribution in [-0.4, -0.2) is 73.5 Å². The molecule has 4 aromatic rings. The van der Waals surface area contributed by atoms with E-state index in [0.717, 1.165) is 23.9 Å². The van der Waals surface area contributed by atoms with Crippen LogP contribution in [0.1, 0.15) is 15.9 Å². The van der Waals surface area contributed by atoms with Crippen LogP contribution in [0.4, 0.5) is 0 Å². The normalized spacial score (nSPS) is 13.3. The van der Waals surface area contributed by atoms with Crippen molar-refractivity contribution in [3.8, 4) is 11.6 Å². The Bertz CT molecular complexity index is 1370. The van der Waals surface area contributed by atoms with E-state index >= 15 is 0 Å². The van der Waals surface area contributed by atoms with Gasteiger partial charge in [0.15, 0.2) is 0 Å². The lowest BCUT2D eigenvalue weighted by atomic mass is 10.1. The maximum Gasteiger partial charge on any atom is 0.257 e. The van der Waals surface area contributed by atoms with E-state index in [9.17, 15) is 9.59 Å². The van der Waals surface area contributed by atoms with Gasteiger partial charge in [0, 0.05) is 44.9 Å². The highest BCUT2D eigenvalue weighted by Crippen LogP contribution is 2.30. The van der Waals surface area contributed by atoms with E-state index in [0.29, 0.717) is 25.4 Å². The second-order valence-electron chi connectivity index (χ2n) is 9.22. The summed E-state index contributed by atoms with van der Waals surface area (Å²) in [5.41, 5.74) is 1.51. The van der Waals surface area contributed by atoms with Gasteiger partial charge >= 0.3 is 0 Å². The molecule has 1 aromatic heterocycles. The van der Waals surface area contributed by atoms with Gasteiger partial charge in [0.2, 0.25) is 11.8 Å². The average Bonchev–Trinajstić information content (AvgIpc) is 2.98. The van der Waals surface area contributed by atoms with E-state index in [2.05, 4.69) is 15.2 Å². The van der Waals surface area contributed by atoms with Crippen molar-refractivity contribution in [3.05, 3.63) is 102 Å². The molecule has 1 fully saturated rings. The van der Waals surface area contributed by atoms with Crippen molar-refractivity contribution in [3.63, 3.8) is 0 Å². The Hall–Kier alpha value is -4.27. The third-order valence-electron chi connectivity index (χ3n) is 6.38. The molecule has 0 saturated carbocycles. The summed E-state index contributed by atoms with van der Waals surface area (Å²) in [7, 11) is 3.73. The van der Waals surface area contributed by atoms with Gasteiger partial charge in [0.25, 0.3) is 5.91 Å². The Kier molecular flexibility index (Phi) is 9.99. The number of benzene rings is 3. The van der Waals surface area contributed by atoms with E-state index in [1.165, 1.54) is 5.56 Å². The van der Waals surface area contributed by atoms with Crippen LogP contribution >= 0.6 is 0 Å². The molecular formula is C31H34N4O4. The number of aromatic nitrogens is 1. The summed E-state index contributed by atoms with van der Waals surface area (Å²) in [6.07, 6.45) is 1.58. The molecule has 3 aromatic carbocycles. The summed E-state index contributed by atoms with van der Waals surface area (Å²) < 4.78 is 10.9. The first kappa shape index (κ1) is 27.8. The summed E-state index contributed by atoms with van der Waals surface area (Å²) in [5.74, 6) is 0.352. The molecule has 5 rings (SSSR count). The topological polar surface area (TPSA) is 84.0 Å². The summed E-state index contributed by atoms with van der Waals surface area (Å²) in [4.78, 5) is 33.4. The Morgan fingerprint density at radius 3 is 2.36 bits per heavy atom. The van der Waals surface area contributed by atoms with Crippen molar-refractivity contribution in [1.29, 1.82) is 0 Å². The van der Waals surface area contributed by atoms with Gasteiger partial charge in [0.1, 0.15) is 11.3 Å². The number of methoxy groups -OCH3 is 1. The number of amides is 2. The van der Waals surface area contributed by atoms with Crippen LogP contribution in [0.3, 0.4) is 0 Å². The molecule has 1 N–H and O–H groups in total. The van der Waals surface area contributed by atoms with E-state index in [1.807, 2.05) is 79.8 Å². The number of hydrogen-bond acceptors (Lipinski definition) is 6. The van der Waals surface area contributed by atoms with E-state index in [1.54, 1.807) is 30.3 Å². The molecule has 0 radical (unpaired) electrons. The average molecular weight is 527 g/mol. The van der Waals surface area contributed by atoms with Gasteiger partial charge in [-0.05, 0) is 36.2 Å². The Balaban J connectivity index is 0.000000333. The summed E-state index contributed by atoms with van der Waals surface area (Å²) in [6.45, 7) is 3.68. The third kappa shape index (κ3) is 7.86. The number of piperazine rings is 1. The zero-order chi connectivity index (χ0) is 27.5. The van der Waals surface area contributed by atoms with Crippen molar-refractivity contribution >= 4 is 22.6 Å². The van der Waals surface area contributed by atoms with Crippen LogP contribution in [0.15, 0.2) is 91.1 Å². The lowest BCUT2D eigenvalue weighted by Gasteiger charge is -2.32. The fraction of sp³-hybridized carbons (Fsp3) is 0.258. The first-order valence-electron chi connectivity index (χ1n) is 12.9. The van der Waals surface area contributed by atoms with Crippen molar-refractivity contribution in [2.24, 2.45) is 0 Å². The van der Waals surface area contributed by atoms with Crippen LogP contribution in [-0.2, 0) is 16.1 Å². The van der Waals surface area contributed by atoms with Gasteiger partial charge in [-0.1, -0.05) is 66.7 Å². The highest BCUT2D eigenvalue weighted by molar-refractivity contribution is 5.98. The number of nitrogens with one attached hydrogen (secondary N) is 1. The summed E-state index contributed by atoms with van der Waals surface area (Å²) >= 11 is 0. The molecule has 8 heteroatoms. The Morgan fingerprint density at radius 1 is 0.872 bits per heavy atom. The standard InChI is InChI=1S/C23H24N4O3.C8H10O/c1-26-12-14-27(15-13-26)21(28)16-25-22(29)19-9-5-11-24-23(19)30-20-10-4-7-17-6-2-3-8-18(17)20;1-9-7-8-5-3-2-4-6-8/h2-11H,12-16H2,1H3,(H,25,29);2-6H,7H2,1H3. The predicted octanol–water partition coefficient (Wildman–Crippen LogP) is 4.36. The van der Waals surface area contributed by atoms with E-state index < -0.39 is 0 Å². The van der Waals surface area contributed by atoms with Crippen LogP contribution in [0.25, 0.3) is 10.8 Å². The number of hydrogen-bond donors (Lipinski definition) is 1. The van der Waals surface area contributed by atoms with Crippen molar-refractivity contribution in [2.45, 2.75) is 6.61 Å². The number of ether oxygens (including phenoxy) is 2. The lowest BCUT2D eigenvalue weighted by Crippen LogP contribution is -2.50. The fourth-order valence-corrected chi connectivity index (χ4v) is 4.19. The van der Waals surface area contributed by atoms with Crippen LogP contribution in [0.2, 0.25) is 0 Å². The van der Waals surface area contributed by atoms with Crippen molar-refractivity contribution in [2.75, 3.05) is 46.9 Å². The molecule has 0 spiro atoms. The lowest BCUT2D eigenvalue weighted by molar-refractivity contribution is -0.131. The first-order chi connectivity index (χ1) is 19.0. The summed E-state index contributed by atoms with van der Waals surface area (Å²) in [5, 5.41) is 4.68. The van der Waals surface area contributed by atoms with Gasteiger partial charge in [-0.2, -0.15) is 0 Å². The minimum atomic E-state index is -0.388. The third-order valence-corrected chi connectivity index (χ3v) is 6.38. The first-order valence-corrected chi connectivity index (χ1v) is 12.9. The monoisotopic (exact) mass is 526 g/mol. The summed E-state index contributed by atoms with van der Waals surface area (Å²) in [6, 6.07) is 27.0. The SMILES string of the molecule is CN1CCN(C(=O)CNC(=O)c2cccnc2Oc2cccc3ccccc23)CC1.COCc1ccccc1. The van der Waals surface area contributed by atoms with Gasteiger partial charge in [-0.15, -0.1) is 0 Å². The molecule has 202 valence electrons. The largest absolute Gasteiger partial charge is 0.438 e. The predicted molar refractivity (Wildman–Crippen MR) is 152 cm³/mol. The van der Waals surface area contributed by atoms with Gasteiger partial charge in [-0.25, -0.2) is 4.98 Å². The number of carbonyl (C=O) groups excluding carboxylic acids is 2. The molecule has 2 heterocycles. The number of carbonyl (C=O) groups is 2. The zero-order valence-electron chi connectivity index (χ0n) is 22.4. The quantitative estimate of drug-likeness (QED) is 0.385. The molecule has 0 aliphatic carbocycles. The second-order valence-corrected chi connectivity index (χ2v) is 9.22. The number of nitrogens with zero attached hydrogens (tertiary/aromatic N) is 3. The number of likely N-dealkylation sites (N-methyl/N-ethyl adjacent to an activating group) is 1. The highest BCUT2D eigenvalue weighted by atomic mass is 16.5. The van der Waals surface area contributed by atoms with Crippen molar-refractivity contribution in [1.82, 2.24) is 20.1 Å². The highest BCUT2D eigenvalue weighted by Gasteiger charge is 2.21. The van der Waals surface area contributed by atoms with E-state index in [-0.39, 0.29) is 29.8 Å². The van der Waals surface area contributed by atoms with E-state index in [4.69, 9.17) is 9.47 Å². The fourth-order valence-electron chi connectivity index (χ4n) is 4.19. The van der Waals surface area contributed by atoms with Crippen LogP contribution in [0, 0.1) is 0 Å². The maximum absolute atomic E-state index is 12.7. The smallest absolute Gasteiger partial charge is 0.257 e. The minimum Gasteiger partial charge on any atom is -0.438 e. The van der Waals surface area contributed by atoms with Gasteiger partial charge in [-0.3, -0.25) is 9.59 Å². The van der Waals surface area contributed by atoms with Crippen LogP contribution < -0.4 is 10.1 Å². The molecule has 1 saturated heterocycles. The maximum atomic E-state index is 12.7. The van der Waals surface area contributed by atoms with Crippen molar-refractivity contribution < 1.29 is 19.1 Å². The Labute approximate surface area is 229 Å². The number of fused-ring (bicyclic) bond motifs is 1. The second kappa shape index (κ2) is 14.0. The molecule has 8 nitrogen and oxygen atoms in total. The molecule has 0 bridgehead atoms. The van der Waals surface area contributed by atoms with Crippen LogP contribution in [0.5, 0.6) is 11.6 Å². The van der Waals surface area contributed by atoms with Gasteiger partial charge in [0.05, 0.1) is 13.2 Å². The minimum absolute atomic E-state index is 0.0504. The molecule has 1 aliphatic rings. The molecule has 1 aliphatic heterocycles. The molecule has 0 unspecified atom stereocenters. The molecule has 0 atom stereocenters. The number of pyridine rings is 1. The Morgan fingerprint density at radius 2 is 1.59 bits per heavy atom.